The average molecular weight is 627 g/mol. The summed E-state index contributed by atoms with van der Waals surface area (Å²) >= 11 is 0. The van der Waals surface area contributed by atoms with E-state index in [0.29, 0.717) is 30.1 Å². The lowest BCUT2D eigenvalue weighted by atomic mass is 9.72. The molecular weight excluding hydrogens is 590 g/mol. The lowest BCUT2D eigenvalue weighted by molar-refractivity contribution is -0.117. The summed E-state index contributed by atoms with van der Waals surface area (Å²) < 4.78 is 35.2. The van der Waals surface area contributed by atoms with E-state index >= 15 is 0 Å². The zero-order chi connectivity index (χ0) is 31.7. The number of Topliss-reactive ketones (excluding diaryl/α,β-unsaturated/α-hetero) is 1. The lowest BCUT2D eigenvalue weighted by Gasteiger charge is -2.54. The van der Waals surface area contributed by atoms with E-state index in [1.165, 1.54) is 24.5 Å². The Hall–Kier alpha value is -4.50. The van der Waals surface area contributed by atoms with Gasteiger partial charge in [-0.05, 0) is 87.9 Å². The second kappa shape index (κ2) is 12.7. The number of carbonyl (C=O) groups excluding carboxylic acids is 1. The Morgan fingerprint density at radius 3 is 2.54 bits per heavy atom. The van der Waals surface area contributed by atoms with Gasteiger partial charge in [0.2, 0.25) is 0 Å². The Morgan fingerprint density at radius 1 is 1.00 bits per heavy atom. The largest absolute Gasteiger partial charge is 0.434 e. The number of hydrogen-bond acceptors (Lipinski definition) is 10. The number of hydrogen-bond donors (Lipinski definition) is 0. The fourth-order valence-electron chi connectivity index (χ4n) is 7.33. The predicted molar refractivity (Wildman–Crippen MR) is 167 cm³/mol. The van der Waals surface area contributed by atoms with Gasteiger partial charge in [-0.25, -0.2) is 18.7 Å². The number of ketones is 1. The number of halogens is 2. The zero-order valence-corrected chi connectivity index (χ0v) is 25.7. The van der Waals surface area contributed by atoms with E-state index < -0.39 is 17.4 Å². The third kappa shape index (κ3) is 6.16. The van der Waals surface area contributed by atoms with Crippen LogP contribution in [0, 0.1) is 28.5 Å². The number of benzene rings is 1. The maximum absolute atomic E-state index is 14.8. The minimum Gasteiger partial charge on any atom is -0.434 e. The molecule has 2 aromatic heterocycles. The zero-order valence-electron chi connectivity index (χ0n) is 25.7. The summed E-state index contributed by atoms with van der Waals surface area (Å²) in [5, 5.41) is 17.1. The van der Waals surface area contributed by atoms with Crippen molar-refractivity contribution in [3.8, 4) is 17.7 Å². The number of likely N-dealkylation sites (tertiary alicyclic amines) is 1. The number of carbonyl (C=O) groups is 1. The fraction of sp³-hybridized carbons (Fsp3) is 0.471. The SMILES string of the molecule is N#Cc1ccc(N2CCC(CN3CCC4(CC3)CN(c3ncnnc3Oc3ccc(F)cc3C3=C(F)C(=O)CCC3)C4)CC2)nc1. The highest BCUT2D eigenvalue weighted by atomic mass is 19.1. The van der Waals surface area contributed by atoms with Crippen LogP contribution in [-0.2, 0) is 4.79 Å². The van der Waals surface area contributed by atoms with Gasteiger partial charge >= 0.3 is 0 Å². The molecule has 3 saturated heterocycles. The van der Waals surface area contributed by atoms with Crippen LogP contribution in [0.25, 0.3) is 5.57 Å². The van der Waals surface area contributed by atoms with Gasteiger partial charge in [-0.15, -0.1) is 10.2 Å². The van der Waals surface area contributed by atoms with Gasteiger partial charge in [0.25, 0.3) is 5.88 Å². The highest BCUT2D eigenvalue weighted by Crippen LogP contribution is 2.45. The summed E-state index contributed by atoms with van der Waals surface area (Å²) in [6, 6.07) is 9.78. The van der Waals surface area contributed by atoms with Crippen LogP contribution in [0.2, 0.25) is 0 Å². The Bertz CT molecular complexity index is 1670. The quantitative estimate of drug-likeness (QED) is 0.342. The first-order chi connectivity index (χ1) is 22.4. The second-order valence-corrected chi connectivity index (χ2v) is 13.0. The first-order valence-electron chi connectivity index (χ1n) is 16.1. The number of piperidine rings is 2. The fourth-order valence-corrected chi connectivity index (χ4v) is 7.33. The maximum Gasteiger partial charge on any atom is 0.282 e. The average Bonchev–Trinajstić information content (AvgIpc) is 3.07. The van der Waals surface area contributed by atoms with E-state index in [1.807, 2.05) is 12.1 Å². The molecule has 7 rings (SSSR count). The molecule has 5 heterocycles. The lowest BCUT2D eigenvalue weighted by Crippen LogP contribution is -2.61. The van der Waals surface area contributed by atoms with Gasteiger partial charge in [0.05, 0.1) is 5.56 Å². The Balaban J connectivity index is 0.939. The summed E-state index contributed by atoms with van der Waals surface area (Å²) in [5.74, 6) is 0.612. The molecule has 0 N–H and O–H groups in total. The van der Waals surface area contributed by atoms with Crippen LogP contribution in [0.1, 0.15) is 56.1 Å². The molecule has 0 unspecified atom stereocenters. The van der Waals surface area contributed by atoms with Gasteiger partial charge in [-0.3, -0.25) is 4.79 Å². The van der Waals surface area contributed by atoms with Crippen LogP contribution in [0.3, 0.4) is 0 Å². The second-order valence-electron chi connectivity index (χ2n) is 13.0. The topological polar surface area (TPSA) is 111 Å². The first kappa shape index (κ1) is 30.2. The molecule has 10 nitrogen and oxygen atoms in total. The van der Waals surface area contributed by atoms with Gasteiger partial charge in [-0.1, -0.05) is 0 Å². The van der Waals surface area contributed by atoms with Crippen LogP contribution in [-0.4, -0.2) is 76.7 Å². The van der Waals surface area contributed by atoms with E-state index in [2.05, 4.69) is 40.9 Å². The highest BCUT2D eigenvalue weighted by molar-refractivity contribution is 6.02. The van der Waals surface area contributed by atoms with Crippen molar-refractivity contribution in [2.45, 2.75) is 44.9 Å². The number of nitriles is 1. The monoisotopic (exact) mass is 626 g/mol. The third-order valence-electron chi connectivity index (χ3n) is 9.99. The Labute approximate surface area is 266 Å². The van der Waals surface area contributed by atoms with E-state index in [4.69, 9.17) is 10.00 Å². The van der Waals surface area contributed by atoms with Crippen LogP contribution in [0.5, 0.6) is 11.6 Å². The number of rotatable bonds is 7. The van der Waals surface area contributed by atoms with E-state index in [-0.39, 0.29) is 34.6 Å². The van der Waals surface area contributed by atoms with Crippen LogP contribution >= 0.6 is 0 Å². The van der Waals surface area contributed by atoms with Crippen molar-refractivity contribution in [2.75, 3.05) is 55.6 Å². The minimum atomic E-state index is -0.832. The van der Waals surface area contributed by atoms with Gasteiger partial charge in [0.15, 0.2) is 17.4 Å². The van der Waals surface area contributed by atoms with Gasteiger partial charge in [-0.2, -0.15) is 5.26 Å². The molecule has 3 aliphatic heterocycles. The summed E-state index contributed by atoms with van der Waals surface area (Å²) in [6.45, 7) is 6.87. The molecule has 3 fully saturated rings. The van der Waals surface area contributed by atoms with Crippen LogP contribution in [0.4, 0.5) is 20.4 Å². The van der Waals surface area contributed by atoms with E-state index in [0.717, 1.165) is 77.3 Å². The van der Waals surface area contributed by atoms with Crippen LogP contribution in [0.15, 0.2) is 48.7 Å². The molecule has 238 valence electrons. The summed E-state index contributed by atoms with van der Waals surface area (Å²) in [6.07, 6.45) is 8.48. The standard InChI is InChI=1S/C34H36F2N8O2/c35-25-5-6-29(27(16-25)26-2-1-3-28(45)31(26)36)46-33-32(39-22-40-41-33)44-20-34(21-44)10-14-42(15-11-34)19-23-8-12-43(13-9-23)30-7-4-24(17-37)18-38-30/h4-7,16,18,22-23H,1-3,8-15,19-21H2. The smallest absolute Gasteiger partial charge is 0.282 e. The molecule has 1 spiro atoms. The van der Waals surface area contributed by atoms with Gasteiger partial charge in [0, 0.05) is 61.9 Å². The summed E-state index contributed by atoms with van der Waals surface area (Å²) in [5.41, 5.74) is 1.17. The minimum absolute atomic E-state index is 0.145. The molecule has 0 saturated carbocycles. The van der Waals surface area contributed by atoms with Crippen LogP contribution < -0.4 is 14.5 Å². The molecular formula is C34H36F2N8O2. The number of anilines is 2. The molecule has 0 radical (unpaired) electrons. The molecule has 1 aliphatic carbocycles. The molecule has 3 aromatic rings. The Kier molecular flexibility index (Phi) is 8.34. The van der Waals surface area contributed by atoms with Crippen molar-refractivity contribution in [3.63, 3.8) is 0 Å². The number of pyridine rings is 1. The molecule has 46 heavy (non-hydrogen) atoms. The number of aromatic nitrogens is 4. The van der Waals surface area contributed by atoms with Gasteiger partial charge in [0.1, 0.15) is 29.8 Å². The molecule has 4 aliphatic rings. The van der Waals surface area contributed by atoms with Crippen molar-refractivity contribution in [1.29, 1.82) is 5.26 Å². The highest BCUT2D eigenvalue weighted by Gasteiger charge is 2.46. The third-order valence-corrected chi connectivity index (χ3v) is 9.99. The molecule has 12 heteroatoms. The van der Waals surface area contributed by atoms with Crippen molar-refractivity contribution in [3.05, 3.63) is 65.6 Å². The molecule has 1 aromatic carbocycles. The van der Waals surface area contributed by atoms with Gasteiger partial charge < -0.3 is 19.4 Å². The Morgan fingerprint density at radius 2 is 1.80 bits per heavy atom. The number of allylic oxidation sites excluding steroid dienone is 2. The summed E-state index contributed by atoms with van der Waals surface area (Å²) in [7, 11) is 0. The van der Waals surface area contributed by atoms with Crippen molar-refractivity contribution in [1.82, 2.24) is 25.1 Å². The molecule has 0 bridgehead atoms. The van der Waals surface area contributed by atoms with Crippen molar-refractivity contribution in [2.24, 2.45) is 11.3 Å². The molecule has 0 atom stereocenters. The van der Waals surface area contributed by atoms with E-state index in [1.54, 1.807) is 6.20 Å². The maximum atomic E-state index is 14.8. The number of nitrogens with zero attached hydrogens (tertiary/aromatic N) is 8. The first-order valence-corrected chi connectivity index (χ1v) is 16.1. The summed E-state index contributed by atoms with van der Waals surface area (Å²) in [4.78, 5) is 28.0. The molecule has 0 amide bonds. The van der Waals surface area contributed by atoms with Crippen molar-refractivity contribution < 1.29 is 18.3 Å². The van der Waals surface area contributed by atoms with E-state index in [9.17, 15) is 13.6 Å². The normalized spacial score (nSPS) is 20.5. The van der Waals surface area contributed by atoms with Crippen molar-refractivity contribution >= 4 is 23.0 Å². The number of ether oxygens (including phenoxy) is 1. The predicted octanol–water partition coefficient (Wildman–Crippen LogP) is 5.32.